The lowest BCUT2D eigenvalue weighted by Gasteiger charge is -2.10. The van der Waals surface area contributed by atoms with Gasteiger partial charge in [-0.1, -0.05) is 29.8 Å². The Morgan fingerprint density at radius 1 is 1.12 bits per heavy atom. The van der Waals surface area contributed by atoms with Crippen LogP contribution in [-0.2, 0) is 22.6 Å². The summed E-state index contributed by atoms with van der Waals surface area (Å²) in [7, 11) is -3.70. The molecule has 2 N–H and O–H groups in total. The molecule has 2 aromatic carbocycles. The molecule has 1 aliphatic carbocycles. The van der Waals surface area contributed by atoms with Gasteiger partial charge in [0.25, 0.3) is 0 Å². The van der Waals surface area contributed by atoms with Crippen LogP contribution in [-0.4, -0.2) is 8.42 Å². The third-order valence-electron chi connectivity index (χ3n) is 4.72. The number of rotatable bonds is 5. The van der Waals surface area contributed by atoms with E-state index in [0.717, 1.165) is 30.5 Å². The summed E-state index contributed by atoms with van der Waals surface area (Å²) in [4.78, 5) is 0.0787. The van der Waals surface area contributed by atoms with Crippen molar-refractivity contribution in [2.24, 2.45) is 11.1 Å². The third-order valence-corrected chi connectivity index (χ3v) is 6.01. The Balaban J connectivity index is 1.59. The van der Waals surface area contributed by atoms with Crippen LogP contribution in [0.4, 0.5) is 13.2 Å². The SMILES string of the molecule is NS(=O)(=O)c1ccc(C2CC2CCc2ccc(C(F)(F)F)cc2Cl)cc1. The summed E-state index contributed by atoms with van der Waals surface area (Å²) in [6.45, 7) is 0. The van der Waals surface area contributed by atoms with Crippen LogP contribution >= 0.6 is 11.6 Å². The summed E-state index contributed by atoms with van der Waals surface area (Å²) >= 11 is 5.98. The maximum atomic E-state index is 12.7. The van der Waals surface area contributed by atoms with Gasteiger partial charge < -0.3 is 0 Å². The van der Waals surface area contributed by atoms with E-state index >= 15 is 0 Å². The van der Waals surface area contributed by atoms with Crippen LogP contribution in [0.25, 0.3) is 0 Å². The first kappa shape index (κ1) is 19.2. The monoisotopic (exact) mass is 403 g/mol. The summed E-state index contributed by atoms with van der Waals surface area (Å²) in [5.74, 6) is 0.742. The van der Waals surface area contributed by atoms with Crippen molar-refractivity contribution in [1.29, 1.82) is 0 Å². The molecule has 3 nitrogen and oxygen atoms in total. The van der Waals surface area contributed by atoms with E-state index in [1.807, 2.05) is 0 Å². The zero-order valence-corrected chi connectivity index (χ0v) is 15.2. The molecule has 2 atom stereocenters. The smallest absolute Gasteiger partial charge is 0.225 e. The highest BCUT2D eigenvalue weighted by Crippen LogP contribution is 2.50. The fourth-order valence-electron chi connectivity index (χ4n) is 3.15. The second kappa shape index (κ2) is 6.87. The summed E-state index contributed by atoms with van der Waals surface area (Å²) in [5.41, 5.74) is 1.00. The van der Waals surface area contributed by atoms with E-state index < -0.39 is 21.8 Å². The Morgan fingerprint density at radius 2 is 1.77 bits per heavy atom. The van der Waals surface area contributed by atoms with Crippen LogP contribution in [0.15, 0.2) is 47.4 Å². The second-order valence-corrected chi connectivity index (χ2v) is 8.53. The van der Waals surface area contributed by atoms with Crippen LogP contribution in [0.1, 0.15) is 35.4 Å². The van der Waals surface area contributed by atoms with Gasteiger partial charge in [0.2, 0.25) is 10.0 Å². The molecule has 0 heterocycles. The molecule has 3 rings (SSSR count). The molecular formula is C18H17ClF3NO2S. The summed E-state index contributed by atoms with van der Waals surface area (Å²) in [5, 5.41) is 5.21. The minimum absolute atomic E-state index is 0.0787. The minimum atomic E-state index is -4.40. The van der Waals surface area contributed by atoms with Crippen LogP contribution in [0, 0.1) is 5.92 Å². The Labute approximate surface area is 155 Å². The minimum Gasteiger partial charge on any atom is -0.225 e. The van der Waals surface area contributed by atoms with E-state index in [0.29, 0.717) is 23.8 Å². The van der Waals surface area contributed by atoms with Gasteiger partial charge in [0.1, 0.15) is 0 Å². The highest BCUT2D eigenvalue weighted by molar-refractivity contribution is 7.89. The fourth-order valence-corrected chi connectivity index (χ4v) is 3.94. The number of alkyl halides is 3. The van der Waals surface area contributed by atoms with Crippen molar-refractivity contribution in [3.63, 3.8) is 0 Å². The quantitative estimate of drug-likeness (QED) is 0.783. The first-order valence-electron chi connectivity index (χ1n) is 8.04. The topological polar surface area (TPSA) is 60.2 Å². The molecule has 2 aromatic rings. The fraction of sp³-hybridized carbons (Fsp3) is 0.333. The number of halogens is 4. The lowest BCUT2D eigenvalue weighted by atomic mass is 10.0. The molecule has 0 spiro atoms. The van der Waals surface area contributed by atoms with Gasteiger partial charge in [-0.15, -0.1) is 0 Å². The van der Waals surface area contributed by atoms with Crippen molar-refractivity contribution in [2.45, 2.75) is 36.3 Å². The zero-order chi connectivity index (χ0) is 19.1. The van der Waals surface area contributed by atoms with Crippen molar-refractivity contribution < 1.29 is 21.6 Å². The molecule has 0 aromatic heterocycles. The Hall–Kier alpha value is -1.57. The van der Waals surface area contributed by atoms with E-state index in [9.17, 15) is 21.6 Å². The lowest BCUT2D eigenvalue weighted by Crippen LogP contribution is -2.11. The van der Waals surface area contributed by atoms with Crippen molar-refractivity contribution in [2.75, 3.05) is 0 Å². The Bertz CT molecular complexity index is 911. The standard InChI is InChI=1S/C18H17ClF3NO2S/c19-17-10-14(18(20,21)22)6-3-12(17)1-2-13-9-16(13)11-4-7-15(8-5-11)26(23,24)25/h3-8,10,13,16H,1-2,9H2,(H2,23,24,25). The number of nitrogens with two attached hydrogens (primary N) is 1. The van der Waals surface area contributed by atoms with Crippen LogP contribution in [0.2, 0.25) is 5.02 Å². The average Bonchev–Trinajstić information content (AvgIpc) is 3.32. The molecule has 26 heavy (non-hydrogen) atoms. The van der Waals surface area contributed by atoms with E-state index in [4.69, 9.17) is 16.7 Å². The molecule has 0 radical (unpaired) electrons. The molecule has 2 unspecified atom stereocenters. The van der Waals surface area contributed by atoms with Crippen LogP contribution in [0.3, 0.4) is 0 Å². The van der Waals surface area contributed by atoms with Gasteiger partial charge in [-0.05, 0) is 66.5 Å². The zero-order valence-electron chi connectivity index (χ0n) is 13.6. The highest BCUT2D eigenvalue weighted by Gasteiger charge is 2.38. The van der Waals surface area contributed by atoms with Gasteiger partial charge >= 0.3 is 6.18 Å². The number of benzene rings is 2. The second-order valence-electron chi connectivity index (χ2n) is 6.56. The summed E-state index contributed by atoms with van der Waals surface area (Å²) < 4.78 is 60.5. The molecule has 0 aliphatic heterocycles. The van der Waals surface area contributed by atoms with Gasteiger partial charge in [-0.2, -0.15) is 13.2 Å². The molecule has 0 amide bonds. The van der Waals surface area contributed by atoms with Crippen molar-refractivity contribution >= 4 is 21.6 Å². The maximum Gasteiger partial charge on any atom is 0.416 e. The largest absolute Gasteiger partial charge is 0.416 e. The normalized spacial score (nSPS) is 20.2. The first-order valence-corrected chi connectivity index (χ1v) is 9.96. The van der Waals surface area contributed by atoms with E-state index in [-0.39, 0.29) is 9.92 Å². The molecule has 1 saturated carbocycles. The van der Waals surface area contributed by atoms with Gasteiger partial charge in [-0.25, -0.2) is 13.6 Å². The van der Waals surface area contributed by atoms with Gasteiger partial charge in [-0.3, -0.25) is 0 Å². The number of hydrogen-bond donors (Lipinski definition) is 1. The lowest BCUT2D eigenvalue weighted by molar-refractivity contribution is -0.137. The molecule has 0 saturated heterocycles. The highest BCUT2D eigenvalue weighted by atomic mass is 35.5. The number of primary sulfonamides is 1. The summed E-state index contributed by atoms with van der Waals surface area (Å²) in [6.07, 6.45) is -2.01. The molecule has 0 bridgehead atoms. The van der Waals surface area contributed by atoms with Crippen molar-refractivity contribution in [3.8, 4) is 0 Å². The summed E-state index contributed by atoms with van der Waals surface area (Å²) in [6, 6.07) is 9.96. The molecule has 1 aliphatic rings. The Morgan fingerprint density at radius 3 is 2.31 bits per heavy atom. The van der Waals surface area contributed by atoms with E-state index in [1.165, 1.54) is 18.2 Å². The van der Waals surface area contributed by atoms with Gasteiger partial charge in [0.05, 0.1) is 10.5 Å². The average molecular weight is 404 g/mol. The predicted octanol–water partition coefficient (Wildman–Crippen LogP) is 4.74. The molecule has 8 heteroatoms. The number of hydrogen-bond acceptors (Lipinski definition) is 2. The Kier molecular flexibility index (Phi) is 5.07. The first-order chi connectivity index (χ1) is 12.1. The van der Waals surface area contributed by atoms with Gasteiger partial charge in [0.15, 0.2) is 0 Å². The molecule has 1 fully saturated rings. The van der Waals surface area contributed by atoms with Gasteiger partial charge in [0, 0.05) is 5.02 Å². The third kappa shape index (κ3) is 4.39. The van der Waals surface area contributed by atoms with Crippen LogP contribution in [0.5, 0.6) is 0 Å². The van der Waals surface area contributed by atoms with Crippen molar-refractivity contribution in [3.05, 3.63) is 64.2 Å². The predicted molar refractivity (Wildman–Crippen MR) is 93.4 cm³/mol. The molecular weight excluding hydrogens is 387 g/mol. The van der Waals surface area contributed by atoms with Crippen LogP contribution < -0.4 is 5.14 Å². The number of sulfonamides is 1. The van der Waals surface area contributed by atoms with Crippen molar-refractivity contribution in [1.82, 2.24) is 0 Å². The maximum absolute atomic E-state index is 12.7. The van der Waals surface area contributed by atoms with E-state index in [2.05, 4.69) is 0 Å². The number of aryl methyl sites for hydroxylation is 1. The molecule has 140 valence electrons. The van der Waals surface area contributed by atoms with E-state index in [1.54, 1.807) is 12.1 Å².